The van der Waals surface area contributed by atoms with Crippen LogP contribution in [0, 0.1) is 5.92 Å². The summed E-state index contributed by atoms with van der Waals surface area (Å²) in [6, 6.07) is 0. The zero-order chi connectivity index (χ0) is 8.32. The summed E-state index contributed by atoms with van der Waals surface area (Å²) >= 11 is 0. The van der Waals surface area contributed by atoms with Crippen molar-refractivity contribution in [3.05, 3.63) is 0 Å². The fourth-order valence-electron chi connectivity index (χ4n) is 1.44. The van der Waals surface area contributed by atoms with Crippen molar-refractivity contribution < 1.29 is 4.74 Å². The zero-order valence-electron chi connectivity index (χ0n) is 7.63. The molecule has 0 radical (unpaired) electrons. The van der Waals surface area contributed by atoms with Crippen molar-refractivity contribution in [3.63, 3.8) is 0 Å². The van der Waals surface area contributed by atoms with Gasteiger partial charge in [0.2, 0.25) is 0 Å². The Morgan fingerprint density at radius 2 is 2.36 bits per heavy atom. The molecule has 1 atom stereocenters. The number of hydrogen-bond donors (Lipinski definition) is 0. The predicted octanol–water partition coefficient (Wildman–Crippen LogP) is 2.24. The van der Waals surface area contributed by atoms with Gasteiger partial charge in [-0.05, 0) is 32.6 Å². The van der Waals surface area contributed by atoms with Crippen LogP contribution < -0.4 is 0 Å². The highest BCUT2D eigenvalue weighted by atomic mass is 16.5. The molecule has 2 nitrogen and oxygen atoms in total. The van der Waals surface area contributed by atoms with Crippen LogP contribution in [0.1, 0.15) is 33.6 Å². The fraction of sp³-hybridized carbons (Fsp3) is 0.889. The maximum Gasteiger partial charge on any atom is 0.169 e. The smallest absolute Gasteiger partial charge is 0.169 e. The summed E-state index contributed by atoms with van der Waals surface area (Å²) in [6.07, 6.45) is 3.93. The Balaban J connectivity index is 2.56. The number of rotatable bonds is 1. The van der Waals surface area contributed by atoms with Crippen LogP contribution in [-0.2, 0) is 4.74 Å². The van der Waals surface area contributed by atoms with Gasteiger partial charge in [0.05, 0.1) is 12.1 Å². The van der Waals surface area contributed by atoms with Gasteiger partial charge in [0.15, 0.2) is 6.40 Å². The summed E-state index contributed by atoms with van der Waals surface area (Å²) in [4.78, 5) is 4.31. The van der Waals surface area contributed by atoms with Crippen molar-refractivity contribution in [3.8, 4) is 0 Å². The van der Waals surface area contributed by atoms with Crippen molar-refractivity contribution in [2.24, 2.45) is 10.9 Å². The highest BCUT2D eigenvalue weighted by Crippen LogP contribution is 2.24. The Labute approximate surface area is 68.7 Å². The van der Waals surface area contributed by atoms with Crippen LogP contribution in [0.3, 0.4) is 0 Å². The molecule has 11 heavy (non-hydrogen) atoms. The molecular formula is C9H17NO. The average Bonchev–Trinajstić information content (AvgIpc) is 2.10. The third-order valence-electron chi connectivity index (χ3n) is 2.17. The summed E-state index contributed by atoms with van der Waals surface area (Å²) in [5, 5.41) is 0. The lowest BCUT2D eigenvalue weighted by molar-refractivity contribution is 0.233. The lowest BCUT2D eigenvalue weighted by Gasteiger charge is -2.21. The highest BCUT2D eigenvalue weighted by Gasteiger charge is 2.23. The zero-order valence-corrected chi connectivity index (χ0v) is 7.63. The molecule has 0 aliphatic carbocycles. The van der Waals surface area contributed by atoms with Gasteiger partial charge >= 0.3 is 0 Å². The van der Waals surface area contributed by atoms with Crippen LogP contribution >= 0.6 is 0 Å². The van der Waals surface area contributed by atoms with Crippen LogP contribution in [0.25, 0.3) is 0 Å². The fourth-order valence-corrected chi connectivity index (χ4v) is 1.44. The van der Waals surface area contributed by atoms with Gasteiger partial charge in [0, 0.05) is 0 Å². The van der Waals surface area contributed by atoms with Gasteiger partial charge in [-0.2, -0.15) is 0 Å². The van der Waals surface area contributed by atoms with Gasteiger partial charge in [0.25, 0.3) is 0 Å². The van der Waals surface area contributed by atoms with Gasteiger partial charge in [-0.1, -0.05) is 6.92 Å². The third kappa shape index (κ3) is 2.52. The number of nitrogens with zero attached hydrogens (tertiary/aromatic N) is 1. The van der Waals surface area contributed by atoms with Gasteiger partial charge in [-0.3, -0.25) is 4.99 Å². The van der Waals surface area contributed by atoms with Gasteiger partial charge in [-0.15, -0.1) is 0 Å². The van der Waals surface area contributed by atoms with Crippen LogP contribution in [0.4, 0.5) is 0 Å². The predicted molar refractivity (Wildman–Crippen MR) is 46.9 cm³/mol. The number of hydrogen-bond acceptors (Lipinski definition) is 2. The van der Waals surface area contributed by atoms with Crippen molar-refractivity contribution in [2.45, 2.75) is 39.2 Å². The molecule has 0 fully saturated rings. The molecule has 1 aliphatic heterocycles. The van der Waals surface area contributed by atoms with E-state index in [-0.39, 0.29) is 5.54 Å². The molecule has 0 aromatic carbocycles. The summed E-state index contributed by atoms with van der Waals surface area (Å²) < 4.78 is 5.24. The molecule has 0 bridgehead atoms. The van der Waals surface area contributed by atoms with E-state index in [0.717, 1.165) is 13.0 Å². The minimum absolute atomic E-state index is 0.0805. The monoisotopic (exact) mass is 155 g/mol. The maximum atomic E-state index is 5.24. The molecule has 0 aromatic heterocycles. The molecule has 1 unspecified atom stereocenters. The quantitative estimate of drug-likeness (QED) is 0.569. The number of ether oxygens (including phenoxy) is 1. The first-order valence-corrected chi connectivity index (χ1v) is 4.29. The van der Waals surface area contributed by atoms with Crippen LogP contribution in [-0.4, -0.2) is 18.5 Å². The largest absolute Gasteiger partial charge is 0.483 e. The second-order valence-electron chi connectivity index (χ2n) is 3.86. The van der Waals surface area contributed by atoms with E-state index >= 15 is 0 Å². The Bertz CT molecular complexity index is 152. The molecule has 64 valence electrons. The molecule has 0 N–H and O–H groups in total. The molecule has 1 rings (SSSR count). The Hall–Kier alpha value is -0.530. The second kappa shape index (κ2) is 3.24. The molecule has 0 amide bonds. The topological polar surface area (TPSA) is 21.6 Å². The van der Waals surface area contributed by atoms with E-state index in [1.165, 1.54) is 6.42 Å². The Kier molecular flexibility index (Phi) is 2.53. The second-order valence-corrected chi connectivity index (χ2v) is 3.86. The van der Waals surface area contributed by atoms with Crippen molar-refractivity contribution in [1.29, 1.82) is 0 Å². The van der Waals surface area contributed by atoms with E-state index < -0.39 is 0 Å². The van der Waals surface area contributed by atoms with Crippen molar-refractivity contribution >= 4 is 6.40 Å². The molecule has 1 aliphatic rings. The summed E-state index contributed by atoms with van der Waals surface area (Å²) in [5.74, 6) is 0.674. The summed E-state index contributed by atoms with van der Waals surface area (Å²) in [7, 11) is 0. The van der Waals surface area contributed by atoms with E-state index in [0.29, 0.717) is 5.92 Å². The van der Waals surface area contributed by atoms with Gasteiger partial charge in [0.1, 0.15) is 0 Å². The van der Waals surface area contributed by atoms with E-state index in [1.807, 2.05) is 0 Å². The van der Waals surface area contributed by atoms with Crippen molar-refractivity contribution in [1.82, 2.24) is 0 Å². The Morgan fingerprint density at radius 1 is 1.64 bits per heavy atom. The third-order valence-corrected chi connectivity index (χ3v) is 2.17. The first kappa shape index (κ1) is 8.57. The van der Waals surface area contributed by atoms with E-state index in [1.54, 1.807) is 6.40 Å². The molecule has 0 aromatic rings. The van der Waals surface area contributed by atoms with Crippen LogP contribution in [0.15, 0.2) is 4.99 Å². The Morgan fingerprint density at radius 3 is 3.00 bits per heavy atom. The first-order valence-electron chi connectivity index (χ1n) is 4.29. The van der Waals surface area contributed by atoms with Crippen LogP contribution in [0.2, 0.25) is 0 Å². The maximum absolute atomic E-state index is 5.24. The average molecular weight is 155 g/mol. The summed E-state index contributed by atoms with van der Waals surface area (Å²) in [6.45, 7) is 7.35. The van der Waals surface area contributed by atoms with Gasteiger partial charge < -0.3 is 4.74 Å². The standard InChI is InChI=1S/C9H17NO/c1-4-8-5-9(2,3)10-7-11-6-8/h7-8H,4-6H2,1-3H3. The molecule has 0 saturated carbocycles. The number of aliphatic imine (C=N–C) groups is 1. The summed E-state index contributed by atoms with van der Waals surface area (Å²) in [5.41, 5.74) is 0.0805. The highest BCUT2D eigenvalue weighted by molar-refractivity contribution is 5.47. The molecule has 1 heterocycles. The van der Waals surface area contributed by atoms with E-state index in [2.05, 4.69) is 25.8 Å². The molecular weight excluding hydrogens is 138 g/mol. The van der Waals surface area contributed by atoms with E-state index in [9.17, 15) is 0 Å². The first-order chi connectivity index (χ1) is 5.14. The minimum Gasteiger partial charge on any atom is -0.483 e. The van der Waals surface area contributed by atoms with Crippen LogP contribution in [0.5, 0.6) is 0 Å². The SMILES string of the molecule is CCC1COC=NC(C)(C)C1. The molecule has 2 heteroatoms. The molecule has 0 spiro atoms. The normalized spacial score (nSPS) is 29.2. The van der Waals surface area contributed by atoms with E-state index in [4.69, 9.17) is 4.74 Å². The lowest BCUT2D eigenvalue weighted by atomic mass is 9.90. The van der Waals surface area contributed by atoms with Crippen molar-refractivity contribution in [2.75, 3.05) is 6.61 Å². The lowest BCUT2D eigenvalue weighted by Crippen LogP contribution is -2.20. The van der Waals surface area contributed by atoms with Gasteiger partial charge in [-0.25, -0.2) is 0 Å². The minimum atomic E-state index is 0.0805. The molecule has 0 saturated heterocycles.